The van der Waals surface area contributed by atoms with E-state index in [2.05, 4.69) is 18.2 Å². The number of methoxy groups -OCH3 is 1. The van der Waals surface area contributed by atoms with Crippen LogP contribution in [0.2, 0.25) is 0 Å². The molecule has 0 bridgehead atoms. The monoisotopic (exact) mass is 510 g/mol. The summed E-state index contributed by atoms with van der Waals surface area (Å²) in [5.41, 5.74) is 6.10. The maximum atomic E-state index is 13.9. The Bertz CT molecular complexity index is 1730. The molecular formula is C30H26N2O4S. The van der Waals surface area contributed by atoms with E-state index in [1.165, 1.54) is 16.9 Å². The Morgan fingerprint density at radius 1 is 1.08 bits per heavy atom. The number of allylic oxidation sites excluding steroid dienone is 1. The zero-order chi connectivity index (χ0) is 25.5. The van der Waals surface area contributed by atoms with Crippen LogP contribution in [0.3, 0.4) is 0 Å². The third-order valence-electron chi connectivity index (χ3n) is 6.89. The van der Waals surface area contributed by atoms with Gasteiger partial charge in [0, 0.05) is 11.1 Å². The van der Waals surface area contributed by atoms with Gasteiger partial charge in [0.2, 0.25) is 0 Å². The largest absolute Gasteiger partial charge is 0.504 e. The van der Waals surface area contributed by atoms with Gasteiger partial charge in [-0.05, 0) is 60.7 Å². The first-order valence-electron chi connectivity index (χ1n) is 12.3. The molecule has 2 heterocycles. The summed E-state index contributed by atoms with van der Waals surface area (Å²) in [6.07, 6.45) is 3.55. The molecule has 4 aromatic rings. The number of hydrogen-bond donors (Lipinski definition) is 1. The summed E-state index contributed by atoms with van der Waals surface area (Å²) in [5, 5.41) is 10.1. The minimum atomic E-state index is -0.309. The lowest BCUT2D eigenvalue weighted by Gasteiger charge is -2.31. The smallest absolute Gasteiger partial charge is 0.271 e. The van der Waals surface area contributed by atoms with E-state index in [1.54, 1.807) is 25.3 Å². The maximum Gasteiger partial charge on any atom is 0.271 e. The van der Waals surface area contributed by atoms with Crippen molar-refractivity contribution in [2.45, 2.75) is 25.8 Å². The molecule has 2 aliphatic rings. The van der Waals surface area contributed by atoms with Crippen molar-refractivity contribution in [2.24, 2.45) is 4.99 Å². The Hall–Kier alpha value is -4.10. The van der Waals surface area contributed by atoms with E-state index in [-0.39, 0.29) is 17.4 Å². The molecule has 1 aliphatic carbocycles. The van der Waals surface area contributed by atoms with Crippen molar-refractivity contribution in [3.8, 4) is 17.2 Å². The SMILES string of the molecule is CCOc1cc(/C=c2\sc3n(c2=O)C(c2ccccc2OC)C2=C(N=3)c3ccccc3CC2)ccc1O. The van der Waals surface area contributed by atoms with Crippen LogP contribution in [0.1, 0.15) is 41.6 Å². The highest BCUT2D eigenvalue weighted by atomic mass is 32.1. The van der Waals surface area contributed by atoms with Gasteiger partial charge >= 0.3 is 0 Å². The van der Waals surface area contributed by atoms with Crippen molar-refractivity contribution in [2.75, 3.05) is 13.7 Å². The van der Waals surface area contributed by atoms with Gasteiger partial charge in [0.15, 0.2) is 16.3 Å². The topological polar surface area (TPSA) is 73.0 Å². The number of aromatic nitrogens is 1. The zero-order valence-corrected chi connectivity index (χ0v) is 21.4. The molecule has 3 aromatic carbocycles. The highest BCUT2D eigenvalue weighted by molar-refractivity contribution is 7.07. The molecule has 0 saturated heterocycles. The number of para-hydroxylation sites is 1. The Morgan fingerprint density at radius 3 is 2.73 bits per heavy atom. The quantitative estimate of drug-likeness (QED) is 0.431. The fraction of sp³-hybridized carbons (Fsp3) is 0.200. The number of phenols is 1. The van der Waals surface area contributed by atoms with Gasteiger partial charge in [-0.2, -0.15) is 0 Å². The molecule has 6 rings (SSSR count). The van der Waals surface area contributed by atoms with Crippen molar-refractivity contribution in [3.63, 3.8) is 0 Å². The molecule has 6 nitrogen and oxygen atoms in total. The average Bonchev–Trinajstić information content (AvgIpc) is 3.23. The van der Waals surface area contributed by atoms with Gasteiger partial charge in [-0.15, -0.1) is 0 Å². The lowest BCUT2D eigenvalue weighted by Crippen LogP contribution is -2.39. The van der Waals surface area contributed by atoms with Crippen LogP contribution < -0.4 is 24.4 Å². The van der Waals surface area contributed by atoms with Crippen molar-refractivity contribution in [1.82, 2.24) is 4.57 Å². The van der Waals surface area contributed by atoms with Gasteiger partial charge in [0.1, 0.15) is 5.75 Å². The van der Waals surface area contributed by atoms with Gasteiger partial charge in [-0.3, -0.25) is 9.36 Å². The summed E-state index contributed by atoms with van der Waals surface area (Å²) in [6, 6.07) is 21.1. The second-order valence-corrected chi connectivity index (χ2v) is 10.0. The van der Waals surface area contributed by atoms with Gasteiger partial charge in [-0.25, -0.2) is 4.99 Å². The van der Waals surface area contributed by atoms with Gasteiger partial charge in [-0.1, -0.05) is 59.9 Å². The van der Waals surface area contributed by atoms with E-state index in [1.807, 2.05) is 47.9 Å². The second kappa shape index (κ2) is 9.41. The maximum absolute atomic E-state index is 13.9. The normalized spacial score (nSPS) is 16.5. The number of aryl methyl sites for hydroxylation is 1. The summed E-state index contributed by atoms with van der Waals surface area (Å²) in [6.45, 7) is 2.30. The van der Waals surface area contributed by atoms with Crippen LogP contribution in [0.25, 0.3) is 11.8 Å². The van der Waals surface area contributed by atoms with E-state index in [0.29, 0.717) is 21.7 Å². The molecule has 1 N–H and O–H groups in total. The summed E-state index contributed by atoms with van der Waals surface area (Å²) in [4.78, 5) is 19.7. The van der Waals surface area contributed by atoms with Crippen LogP contribution in [0.4, 0.5) is 0 Å². The number of aromatic hydroxyl groups is 1. The number of ether oxygens (including phenoxy) is 2. The third kappa shape index (κ3) is 3.96. The van der Waals surface area contributed by atoms with Crippen LogP contribution >= 0.6 is 11.3 Å². The molecule has 1 unspecified atom stereocenters. The average molecular weight is 511 g/mol. The second-order valence-electron chi connectivity index (χ2n) is 9.02. The number of rotatable bonds is 5. The fourth-order valence-electron chi connectivity index (χ4n) is 5.23. The predicted octanol–water partition coefficient (Wildman–Crippen LogP) is 4.43. The standard InChI is InChI=1S/C30H26N2O4S/c1-3-36-25-16-18(12-15-23(25)33)17-26-29(34)32-28(21-10-6-7-11-24(21)35-2)22-14-13-19-8-4-5-9-20(19)27(22)31-30(32)37-26/h4-12,15-17,28,33H,3,13-14H2,1-2H3/b26-17-. The summed E-state index contributed by atoms with van der Waals surface area (Å²) in [5.74, 6) is 1.21. The van der Waals surface area contributed by atoms with E-state index in [9.17, 15) is 9.90 Å². The molecule has 0 fully saturated rings. The highest BCUT2D eigenvalue weighted by Crippen LogP contribution is 2.43. The number of fused-ring (bicyclic) bond motifs is 3. The molecule has 37 heavy (non-hydrogen) atoms. The first-order chi connectivity index (χ1) is 18.1. The third-order valence-corrected chi connectivity index (χ3v) is 7.87. The Kier molecular flexibility index (Phi) is 5.93. The van der Waals surface area contributed by atoms with Crippen LogP contribution in [0.5, 0.6) is 17.2 Å². The predicted molar refractivity (Wildman–Crippen MR) is 145 cm³/mol. The summed E-state index contributed by atoms with van der Waals surface area (Å²) in [7, 11) is 1.66. The molecule has 1 aromatic heterocycles. The molecule has 0 saturated carbocycles. The number of benzene rings is 3. The lowest BCUT2D eigenvalue weighted by atomic mass is 9.83. The van der Waals surface area contributed by atoms with Gasteiger partial charge < -0.3 is 14.6 Å². The van der Waals surface area contributed by atoms with Gasteiger partial charge in [0.05, 0.1) is 30.0 Å². The highest BCUT2D eigenvalue weighted by Gasteiger charge is 2.33. The van der Waals surface area contributed by atoms with Crippen LogP contribution in [-0.2, 0) is 6.42 Å². The van der Waals surface area contributed by atoms with E-state index in [4.69, 9.17) is 14.5 Å². The van der Waals surface area contributed by atoms with Gasteiger partial charge in [0.25, 0.3) is 5.56 Å². The molecule has 0 spiro atoms. The molecule has 0 amide bonds. The zero-order valence-electron chi connectivity index (χ0n) is 20.6. The molecule has 1 atom stereocenters. The minimum absolute atomic E-state index is 0.0722. The van der Waals surface area contributed by atoms with E-state index < -0.39 is 0 Å². The Labute approximate surface area is 218 Å². The molecule has 186 valence electrons. The number of nitrogens with zero attached hydrogens (tertiary/aromatic N) is 2. The van der Waals surface area contributed by atoms with Crippen LogP contribution in [-0.4, -0.2) is 23.4 Å². The fourth-order valence-corrected chi connectivity index (χ4v) is 6.24. The number of thiazole rings is 1. The lowest BCUT2D eigenvalue weighted by molar-refractivity contribution is 0.318. The van der Waals surface area contributed by atoms with E-state index in [0.717, 1.165) is 46.6 Å². The van der Waals surface area contributed by atoms with Crippen molar-refractivity contribution in [3.05, 3.63) is 114 Å². The first kappa shape index (κ1) is 23.3. The van der Waals surface area contributed by atoms with Crippen molar-refractivity contribution >= 4 is 23.1 Å². The molecule has 0 radical (unpaired) electrons. The molecular weight excluding hydrogens is 484 g/mol. The van der Waals surface area contributed by atoms with Crippen molar-refractivity contribution in [1.29, 1.82) is 0 Å². The first-order valence-corrected chi connectivity index (χ1v) is 13.1. The van der Waals surface area contributed by atoms with Crippen LogP contribution in [0.15, 0.2) is 82.1 Å². The number of phenolic OH excluding ortho intramolecular Hbond substituents is 1. The minimum Gasteiger partial charge on any atom is -0.504 e. The van der Waals surface area contributed by atoms with E-state index >= 15 is 0 Å². The molecule has 1 aliphatic heterocycles. The molecule has 7 heteroatoms. The van der Waals surface area contributed by atoms with Crippen LogP contribution in [0, 0.1) is 0 Å². The van der Waals surface area contributed by atoms with Crippen molar-refractivity contribution < 1.29 is 14.6 Å². The number of hydrogen-bond acceptors (Lipinski definition) is 6. The summed E-state index contributed by atoms with van der Waals surface area (Å²) < 4.78 is 13.7. The Balaban J connectivity index is 1.60. The Morgan fingerprint density at radius 2 is 1.89 bits per heavy atom. The summed E-state index contributed by atoms with van der Waals surface area (Å²) >= 11 is 1.37.